The minimum absolute atomic E-state index is 0.0353. The van der Waals surface area contributed by atoms with Gasteiger partial charge in [-0.25, -0.2) is 0 Å². The van der Waals surface area contributed by atoms with E-state index < -0.39 is 0 Å². The van der Waals surface area contributed by atoms with E-state index in [1.54, 1.807) is 11.8 Å². The zero-order valence-corrected chi connectivity index (χ0v) is 10.8. The number of carbonyl (C=O) groups is 2. The summed E-state index contributed by atoms with van der Waals surface area (Å²) in [5.74, 6) is 0.218. The Bertz CT molecular complexity index is 317. The first-order valence-corrected chi connectivity index (χ1v) is 6.72. The summed E-state index contributed by atoms with van der Waals surface area (Å²) in [6, 6.07) is 0.219. The van der Waals surface area contributed by atoms with Gasteiger partial charge in [0.2, 0.25) is 11.8 Å². The van der Waals surface area contributed by atoms with Crippen molar-refractivity contribution in [3.05, 3.63) is 0 Å². The number of amides is 2. The summed E-state index contributed by atoms with van der Waals surface area (Å²) in [5.41, 5.74) is 0. The van der Waals surface area contributed by atoms with Gasteiger partial charge < -0.3 is 9.80 Å². The van der Waals surface area contributed by atoms with E-state index in [1.165, 1.54) is 0 Å². The van der Waals surface area contributed by atoms with Gasteiger partial charge in [0.1, 0.15) is 6.04 Å². The molecule has 0 saturated carbocycles. The Hall–Kier alpha value is -1.06. The predicted molar refractivity (Wildman–Crippen MR) is 65.4 cm³/mol. The Labute approximate surface area is 103 Å². The second-order valence-corrected chi connectivity index (χ2v) is 5.11. The van der Waals surface area contributed by atoms with Crippen LogP contribution in [0.25, 0.3) is 0 Å². The van der Waals surface area contributed by atoms with Crippen LogP contribution in [0, 0.1) is 0 Å². The monoisotopic (exact) mass is 238 g/mol. The van der Waals surface area contributed by atoms with Gasteiger partial charge >= 0.3 is 0 Å². The van der Waals surface area contributed by atoms with Gasteiger partial charge in [0.25, 0.3) is 0 Å². The Balaban J connectivity index is 2.06. The standard InChI is InChI=1S/C13H22N2O2/c1-3-11-6-4-9-15(11)13(17)12-7-5-8-14(12)10(2)16/h11-12H,3-9H2,1-2H3. The molecule has 0 aliphatic carbocycles. The second kappa shape index (κ2) is 5.07. The van der Waals surface area contributed by atoms with E-state index in [-0.39, 0.29) is 17.9 Å². The van der Waals surface area contributed by atoms with Crippen LogP contribution in [0.4, 0.5) is 0 Å². The molecular formula is C13H22N2O2. The normalized spacial score (nSPS) is 28.8. The molecule has 2 aliphatic heterocycles. The van der Waals surface area contributed by atoms with Crippen LogP contribution in [0.15, 0.2) is 0 Å². The zero-order valence-electron chi connectivity index (χ0n) is 10.8. The highest BCUT2D eigenvalue weighted by Gasteiger charge is 2.38. The molecule has 0 aromatic heterocycles. The molecule has 2 saturated heterocycles. The van der Waals surface area contributed by atoms with E-state index in [2.05, 4.69) is 6.92 Å². The zero-order chi connectivity index (χ0) is 12.4. The molecular weight excluding hydrogens is 216 g/mol. The third-order valence-electron chi connectivity index (χ3n) is 4.07. The predicted octanol–water partition coefficient (Wildman–Crippen LogP) is 1.40. The summed E-state index contributed by atoms with van der Waals surface area (Å²) >= 11 is 0. The minimum Gasteiger partial charge on any atom is -0.338 e. The molecule has 96 valence electrons. The Morgan fingerprint density at radius 1 is 1.12 bits per heavy atom. The van der Waals surface area contributed by atoms with Crippen LogP contribution in [0.5, 0.6) is 0 Å². The smallest absolute Gasteiger partial charge is 0.245 e. The summed E-state index contributed by atoms with van der Waals surface area (Å²) < 4.78 is 0. The minimum atomic E-state index is -0.181. The van der Waals surface area contributed by atoms with Crippen LogP contribution in [0.1, 0.15) is 46.0 Å². The van der Waals surface area contributed by atoms with Crippen molar-refractivity contribution in [2.24, 2.45) is 0 Å². The van der Waals surface area contributed by atoms with Crippen molar-refractivity contribution in [1.82, 2.24) is 9.80 Å². The number of hydrogen-bond donors (Lipinski definition) is 0. The SMILES string of the molecule is CCC1CCCN1C(=O)C1CCCN1C(C)=O. The number of likely N-dealkylation sites (tertiary alicyclic amines) is 2. The average molecular weight is 238 g/mol. The number of carbonyl (C=O) groups excluding carboxylic acids is 2. The molecule has 0 bridgehead atoms. The van der Waals surface area contributed by atoms with Crippen molar-refractivity contribution in [3.8, 4) is 0 Å². The molecule has 17 heavy (non-hydrogen) atoms. The highest BCUT2D eigenvalue weighted by molar-refractivity contribution is 5.87. The largest absolute Gasteiger partial charge is 0.338 e. The van der Waals surface area contributed by atoms with Crippen molar-refractivity contribution in [3.63, 3.8) is 0 Å². The first-order chi connectivity index (χ1) is 8.15. The molecule has 0 radical (unpaired) electrons. The van der Waals surface area contributed by atoms with Crippen molar-refractivity contribution in [2.75, 3.05) is 13.1 Å². The lowest BCUT2D eigenvalue weighted by Gasteiger charge is -2.30. The lowest BCUT2D eigenvalue weighted by atomic mass is 10.1. The van der Waals surface area contributed by atoms with Crippen LogP contribution in [-0.2, 0) is 9.59 Å². The lowest BCUT2D eigenvalue weighted by molar-refractivity contribution is -0.143. The van der Waals surface area contributed by atoms with Crippen LogP contribution >= 0.6 is 0 Å². The quantitative estimate of drug-likeness (QED) is 0.729. The van der Waals surface area contributed by atoms with Gasteiger partial charge in [-0.1, -0.05) is 6.92 Å². The van der Waals surface area contributed by atoms with E-state index in [9.17, 15) is 9.59 Å². The van der Waals surface area contributed by atoms with Gasteiger partial charge in [-0.2, -0.15) is 0 Å². The number of hydrogen-bond acceptors (Lipinski definition) is 2. The summed E-state index contributed by atoms with van der Waals surface area (Å²) in [6.07, 6.45) is 5.05. The van der Waals surface area contributed by atoms with Crippen molar-refractivity contribution >= 4 is 11.8 Å². The molecule has 4 nitrogen and oxygen atoms in total. The van der Waals surface area contributed by atoms with Gasteiger partial charge in [0.15, 0.2) is 0 Å². The maximum absolute atomic E-state index is 12.5. The molecule has 0 aromatic carbocycles. The fourth-order valence-corrected chi connectivity index (χ4v) is 3.14. The molecule has 2 amide bonds. The van der Waals surface area contributed by atoms with Gasteiger partial charge in [0.05, 0.1) is 0 Å². The van der Waals surface area contributed by atoms with Gasteiger partial charge in [-0.05, 0) is 32.1 Å². The van der Waals surface area contributed by atoms with Gasteiger partial charge in [0, 0.05) is 26.1 Å². The Kier molecular flexibility index (Phi) is 3.69. The van der Waals surface area contributed by atoms with Crippen LogP contribution in [0.2, 0.25) is 0 Å². The summed E-state index contributed by atoms with van der Waals surface area (Å²) in [7, 11) is 0. The molecule has 0 spiro atoms. The molecule has 2 unspecified atom stereocenters. The highest BCUT2D eigenvalue weighted by atomic mass is 16.2. The van der Waals surface area contributed by atoms with E-state index in [4.69, 9.17) is 0 Å². The molecule has 4 heteroatoms. The molecule has 0 aromatic rings. The summed E-state index contributed by atoms with van der Waals surface area (Å²) in [5, 5.41) is 0. The van der Waals surface area contributed by atoms with Gasteiger partial charge in [-0.15, -0.1) is 0 Å². The molecule has 0 N–H and O–H groups in total. The molecule has 2 aliphatic rings. The Morgan fingerprint density at radius 2 is 1.76 bits per heavy atom. The third kappa shape index (κ3) is 2.31. The van der Waals surface area contributed by atoms with Crippen LogP contribution in [0.3, 0.4) is 0 Å². The lowest BCUT2D eigenvalue weighted by Crippen LogP contribution is -2.48. The maximum Gasteiger partial charge on any atom is 0.245 e. The van der Waals surface area contributed by atoms with E-state index >= 15 is 0 Å². The van der Waals surface area contributed by atoms with Crippen molar-refractivity contribution < 1.29 is 9.59 Å². The topological polar surface area (TPSA) is 40.6 Å². The third-order valence-corrected chi connectivity index (χ3v) is 4.07. The first-order valence-electron chi connectivity index (χ1n) is 6.72. The fraction of sp³-hybridized carbons (Fsp3) is 0.846. The average Bonchev–Trinajstić information content (AvgIpc) is 2.96. The van der Waals surface area contributed by atoms with Gasteiger partial charge in [-0.3, -0.25) is 9.59 Å². The first kappa shape index (κ1) is 12.4. The summed E-state index contributed by atoms with van der Waals surface area (Å²) in [4.78, 5) is 27.7. The number of rotatable bonds is 2. The van der Waals surface area contributed by atoms with E-state index in [1.807, 2.05) is 4.90 Å². The number of nitrogens with zero attached hydrogens (tertiary/aromatic N) is 2. The fourth-order valence-electron chi connectivity index (χ4n) is 3.14. The van der Waals surface area contributed by atoms with Crippen LogP contribution in [-0.4, -0.2) is 46.8 Å². The maximum atomic E-state index is 12.5. The van der Waals surface area contributed by atoms with Crippen molar-refractivity contribution in [1.29, 1.82) is 0 Å². The second-order valence-electron chi connectivity index (χ2n) is 5.11. The van der Waals surface area contributed by atoms with E-state index in [0.717, 1.165) is 45.2 Å². The highest BCUT2D eigenvalue weighted by Crippen LogP contribution is 2.25. The molecule has 2 rings (SSSR count). The van der Waals surface area contributed by atoms with E-state index in [0.29, 0.717) is 6.04 Å². The van der Waals surface area contributed by atoms with Crippen LogP contribution < -0.4 is 0 Å². The molecule has 2 heterocycles. The Morgan fingerprint density at radius 3 is 2.41 bits per heavy atom. The molecule has 2 fully saturated rings. The summed E-state index contributed by atoms with van der Waals surface area (Å²) in [6.45, 7) is 5.32. The van der Waals surface area contributed by atoms with Crippen molar-refractivity contribution in [2.45, 2.75) is 58.0 Å². The molecule has 2 atom stereocenters.